The number of hydrogen-bond acceptors (Lipinski definition) is 9. The molecule has 0 saturated carbocycles. The molecule has 2 aliphatic rings. The number of anilines is 1. The van der Waals surface area contributed by atoms with Gasteiger partial charge in [0.25, 0.3) is 5.91 Å². The lowest BCUT2D eigenvalue weighted by Crippen LogP contribution is -2.53. The Morgan fingerprint density at radius 2 is 2.09 bits per heavy atom. The Morgan fingerprint density at radius 3 is 2.74 bits per heavy atom. The topological polar surface area (TPSA) is 143 Å². The zero-order chi connectivity index (χ0) is 24.9. The molecule has 0 radical (unpaired) electrons. The van der Waals surface area contributed by atoms with E-state index in [0.29, 0.717) is 23.4 Å². The molecule has 3 heterocycles. The molecule has 0 aliphatic carbocycles. The van der Waals surface area contributed by atoms with Gasteiger partial charge in [0, 0.05) is 24.7 Å². The van der Waals surface area contributed by atoms with E-state index in [0.717, 1.165) is 22.6 Å². The first kappa shape index (κ1) is 23.9. The number of halogens is 3. The summed E-state index contributed by atoms with van der Waals surface area (Å²) >= 11 is 0. The number of alkyl halides is 3. The van der Waals surface area contributed by atoms with Crippen LogP contribution in [0.4, 0.5) is 18.9 Å². The van der Waals surface area contributed by atoms with Crippen molar-refractivity contribution in [2.24, 2.45) is 10.7 Å². The Balaban J connectivity index is 1.63. The van der Waals surface area contributed by atoms with Crippen LogP contribution in [0.1, 0.15) is 29.4 Å². The zero-order valence-corrected chi connectivity index (χ0v) is 18.9. The van der Waals surface area contributed by atoms with Crippen molar-refractivity contribution in [3.05, 3.63) is 47.8 Å². The summed E-state index contributed by atoms with van der Waals surface area (Å²) in [5, 5.41) is 1.89. The summed E-state index contributed by atoms with van der Waals surface area (Å²) in [6, 6.07) is 6.85. The van der Waals surface area contributed by atoms with E-state index in [1.54, 1.807) is 25.1 Å². The third-order valence-electron chi connectivity index (χ3n) is 5.70. The van der Waals surface area contributed by atoms with Crippen LogP contribution >= 0.6 is 10.8 Å². The van der Waals surface area contributed by atoms with Gasteiger partial charge in [-0.3, -0.25) is 13.9 Å². The second-order valence-corrected chi connectivity index (χ2v) is 10.1. The monoisotopic (exact) mass is 501 g/mol. The highest BCUT2D eigenvalue weighted by Crippen LogP contribution is 2.60. The fourth-order valence-electron chi connectivity index (χ4n) is 4.00. The van der Waals surface area contributed by atoms with E-state index >= 15 is 0 Å². The average Bonchev–Trinajstić information content (AvgIpc) is 2.89. The van der Waals surface area contributed by atoms with Gasteiger partial charge in [0.1, 0.15) is 28.0 Å². The Kier molecular flexibility index (Phi) is 5.78. The Bertz CT molecular complexity index is 1140. The standard InChI is InChI=1S/C20H22F3N5O5S/c1-19-13-9-11(26-17(29)14-5-4-12(10-25-14)33-20(21,22)23)3-6-15(13)32-8-7-16(19)34(30,31)28(2)18(24)27-19/h3-6,9-10,16,30-31H,7-8H2,1-2H3,(H2,24,27)(H,26,29)/t16-,19+/m0/s1. The van der Waals surface area contributed by atoms with Gasteiger partial charge in [-0.05, 0) is 37.3 Å². The maximum absolute atomic E-state index is 12.6. The number of nitrogens with two attached hydrogens (primary N) is 1. The van der Waals surface area contributed by atoms with Crippen LogP contribution in [-0.2, 0) is 5.54 Å². The largest absolute Gasteiger partial charge is 0.573 e. The van der Waals surface area contributed by atoms with Gasteiger partial charge in [0.15, 0.2) is 0 Å². The number of aliphatic imine (C=N–C) groups is 1. The molecule has 4 rings (SSSR count). The second-order valence-electron chi connectivity index (χ2n) is 7.89. The molecule has 0 spiro atoms. The fraction of sp³-hybridized carbons (Fsp3) is 0.350. The van der Waals surface area contributed by atoms with Crippen LogP contribution in [0.3, 0.4) is 0 Å². The predicted molar refractivity (Wildman–Crippen MR) is 119 cm³/mol. The van der Waals surface area contributed by atoms with Crippen LogP contribution in [0.5, 0.6) is 11.5 Å². The third kappa shape index (κ3) is 4.31. The summed E-state index contributed by atoms with van der Waals surface area (Å²) in [4.78, 5) is 20.9. The van der Waals surface area contributed by atoms with Gasteiger partial charge >= 0.3 is 6.36 Å². The van der Waals surface area contributed by atoms with E-state index in [1.165, 1.54) is 7.05 Å². The van der Waals surface area contributed by atoms with Gasteiger partial charge < -0.3 is 20.5 Å². The van der Waals surface area contributed by atoms with Gasteiger partial charge in [-0.2, -0.15) is 0 Å². The normalized spacial score (nSPS) is 24.5. The summed E-state index contributed by atoms with van der Waals surface area (Å²) in [6.07, 6.45) is -3.78. The molecule has 0 saturated heterocycles. The summed E-state index contributed by atoms with van der Waals surface area (Å²) in [7, 11) is -1.87. The van der Waals surface area contributed by atoms with Crippen molar-refractivity contribution in [1.29, 1.82) is 0 Å². The third-order valence-corrected chi connectivity index (χ3v) is 8.16. The molecule has 2 aromatic rings. The van der Waals surface area contributed by atoms with Gasteiger partial charge in [0.05, 0.1) is 12.8 Å². The number of rotatable bonds is 3. The van der Waals surface area contributed by atoms with E-state index in [1.807, 2.05) is 0 Å². The minimum absolute atomic E-state index is 0.0496. The molecule has 184 valence electrons. The molecule has 1 aromatic carbocycles. The molecule has 0 unspecified atom stereocenters. The Hall–Kier alpha value is -3.23. The molecule has 0 fully saturated rings. The van der Waals surface area contributed by atoms with Crippen molar-refractivity contribution in [3.63, 3.8) is 0 Å². The average molecular weight is 501 g/mol. The summed E-state index contributed by atoms with van der Waals surface area (Å²) < 4.78 is 69.4. The molecule has 1 aromatic heterocycles. The molecule has 5 N–H and O–H groups in total. The van der Waals surface area contributed by atoms with Crippen LogP contribution in [0.2, 0.25) is 0 Å². The van der Waals surface area contributed by atoms with Crippen molar-refractivity contribution >= 4 is 28.3 Å². The van der Waals surface area contributed by atoms with Crippen molar-refractivity contribution < 1.29 is 36.5 Å². The Morgan fingerprint density at radius 1 is 1.35 bits per heavy atom. The molecule has 14 heteroatoms. The van der Waals surface area contributed by atoms with Crippen molar-refractivity contribution in [2.45, 2.75) is 30.5 Å². The molecular weight excluding hydrogens is 479 g/mol. The molecular formula is C20H22F3N5O5S. The second kappa shape index (κ2) is 8.21. The zero-order valence-electron chi connectivity index (χ0n) is 18.0. The number of carbonyl (C=O) groups is 1. The van der Waals surface area contributed by atoms with Crippen molar-refractivity contribution in [1.82, 2.24) is 9.29 Å². The maximum Gasteiger partial charge on any atom is 0.573 e. The number of amides is 1. The van der Waals surface area contributed by atoms with E-state index in [2.05, 4.69) is 20.0 Å². The molecule has 0 bridgehead atoms. The smallest absolute Gasteiger partial charge is 0.493 e. The van der Waals surface area contributed by atoms with E-state index < -0.39 is 39.6 Å². The summed E-state index contributed by atoms with van der Waals surface area (Å²) in [6.45, 7) is 1.93. The summed E-state index contributed by atoms with van der Waals surface area (Å²) in [5.41, 5.74) is 5.49. The highest BCUT2D eigenvalue weighted by molar-refractivity contribution is 8.23. The van der Waals surface area contributed by atoms with E-state index in [9.17, 15) is 27.1 Å². The molecule has 2 atom stereocenters. The lowest BCUT2D eigenvalue weighted by molar-refractivity contribution is -0.274. The number of nitrogens with zero attached hydrogens (tertiary/aromatic N) is 3. The number of hydrogen-bond donors (Lipinski definition) is 4. The minimum atomic E-state index is -4.87. The molecule has 2 aliphatic heterocycles. The summed E-state index contributed by atoms with van der Waals surface area (Å²) in [5.74, 6) is -0.829. The Labute approximate surface area is 194 Å². The first-order valence-corrected chi connectivity index (χ1v) is 11.5. The van der Waals surface area contributed by atoms with Gasteiger partial charge in [-0.25, -0.2) is 14.3 Å². The maximum atomic E-state index is 12.6. The van der Waals surface area contributed by atoms with Crippen molar-refractivity contribution in [3.8, 4) is 11.5 Å². The number of fused-ring (bicyclic) bond motifs is 3. The molecule has 10 nitrogen and oxygen atoms in total. The van der Waals surface area contributed by atoms with Crippen molar-refractivity contribution in [2.75, 3.05) is 19.0 Å². The lowest BCUT2D eigenvalue weighted by Gasteiger charge is -2.54. The van der Waals surface area contributed by atoms with E-state index in [4.69, 9.17) is 10.5 Å². The number of carbonyl (C=O) groups excluding carboxylic acids is 1. The first-order chi connectivity index (χ1) is 15.8. The quantitative estimate of drug-likeness (QED) is 0.500. The highest BCUT2D eigenvalue weighted by atomic mass is 32.3. The van der Waals surface area contributed by atoms with Crippen LogP contribution in [0.15, 0.2) is 41.5 Å². The van der Waals surface area contributed by atoms with Gasteiger partial charge in [-0.1, -0.05) is 0 Å². The number of aromatic nitrogens is 1. The number of pyridine rings is 1. The lowest BCUT2D eigenvalue weighted by atomic mass is 9.87. The van der Waals surface area contributed by atoms with Crippen LogP contribution in [0.25, 0.3) is 0 Å². The van der Waals surface area contributed by atoms with Crippen LogP contribution in [0, 0.1) is 0 Å². The number of benzene rings is 1. The number of guanidine groups is 1. The van der Waals surface area contributed by atoms with Crippen LogP contribution < -0.4 is 20.5 Å². The number of ether oxygens (including phenoxy) is 2. The molecule has 1 amide bonds. The van der Waals surface area contributed by atoms with Gasteiger partial charge in [0.2, 0.25) is 5.96 Å². The van der Waals surface area contributed by atoms with Crippen LogP contribution in [-0.4, -0.2) is 55.5 Å². The predicted octanol–water partition coefficient (Wildman–Crippen LogP) is 3.52. The number of nitrogens with one attached hydrogen (secondary N) is 1. The minimum Gasteiger partial charge on any atom is -0.493 e. The molecule has 34 heavy (non-hydrogen) atoms. The highest BCUT2D eigenvalue weighted by Gasteiger charge is 2.52. The van der Waals surface area contributed by atoms with E-state index in [-0.39, 0.29) is 18.3 Å². The first-order valence-electron chi connectivity index (χ1n) is 9.98. The fourth-order valence-corrected chi connectivity index (χ4v) is 5.90. The SMILES string of the molecule is CN1C(N)=N[C@]2(C)c3cc(NC(=O)c4ccc(OC(F)(F)F)cn4)ccc3OCC[C@@H]2S1(O)O. The van der Waals surface area contributed by atoms with Gasteiger partial charge in [-0.15, -0.1) is 23.9 Å².